The van der Waals surface area contributed by atoms with E-state index in [0.29, 0.717) is 17.7 Å². The Morgan fingerprint density at radius 1 is 1.35 bits per heavy atom. The van der Waals surface area contributed by atoms with Gasteiger partial charge in [-0.1, -0.05) is 0 Å². The molecule has 1 aromatic rings. The zero-order valence-corrected chi connectivity index (χ0v) is 12.5. The number of anilines is 1. The SMILES string of the molecule is CNC(=O)c1ccc(NC2CCCC(OC)C2)c(C)c1. The van der Waals surface area contributed by atoms with Crippen molar-refractivity contribution < 1.29 is 9.53 Å². The lowest BCUT2D eigenvalue weighted by molar-refractivity contribution is 0.0669. The van der Waals surface area contributed by atoms with Crippen LogP contribution in [0.2, 0.25) is 0 Å². The second-order valence-corrected chi connectivity index (χ2v) is 5.47. The lowest BCUT2D eigenvalue weighted by Gasteiger charge is -2.30. The molecule has 0 aromatic heterocycles. The van der Waals surface area contributed by atoms with Crippen LogP contribution in [0.25, 0.3) is 0 Å². The van der Waals surface area contributed by atoms with Crippen molar-refractivity contribution in [1.82, 2.24) is 5.32 Å². The van der Waals surface area contributed by atoms with Gasteiger partial charge in [-0.25, -0.2) is 0 Å². The lowest BCUT2D eigenvalue weighted by Crippen LogP contribution is -2.31. The smallest absolute Gasteiger partial charge is 0.251 e. The lowest BCUT2D eigenvalue weighted by atomic mass is 9.92. The van der Waals surface area contributed by atoms with Gasteiger partial charge in [-0.2, -0.15) is 0 Å². The van der Waals surface area contributed by atoms with Crippen molar-refractivity contribution in [2.45, 2.75) is 44.8 Å². The van der Waals surface area contributed by atoms with Gasteiger partial charge in [0.1, 0.15) is 0 Å². The molecular weight excluding hydrogens is 252 g/mol. The van der Waals surface area contributed by atoms with Crippen molar-refractivity contribution in [2.24, 2.45) is 0 Å². The number of benzene rings is 1. The van der Waals surface area contributed by atoms with Crippen LogP contribution in [0, 0.1) is 6.92 Å². The molecule has 2 unspecified atom stereocenters. The molecule has 20 heavy (non-hydrogen) atoms. The van der Waals surface area contributed by atoms with E-state index in [4.69, 9.17) is 4.74 Å². The number of hydrogen-bond donors (Lipinski definition) is 2. The summed E-state index contributed by atoms with van der Waals surface area (Å²) in [6.45, 7) is 2.03. The highest BCUT2D eigenvalue weighted by Crippen LogP contribution is 2.25. The number of ether oxygens (including phenoxy) is 1. The van der Waals surface area contributed by atoms with Crippen LogP contribution in [0.1, 0.15) is 41.6 Å². The molecule has 1 aromatic carbocycles. The van der Waals surface area contributed by atoms with E-state index >= 15 is 0 Å². The maximum Gasteiger partial charge on any atom is 0.251 e. The number of carbonyl (C=O) groups excluding carboxylic acids is 1. The minimum Gasteiger partial charge on any atom is -0.382 e. The summed E-state index contributed by atoms with van der Waals surface area (Å²) in [5.41, 5.74) is 2.92. The molecule has 0 heterocycles. The van der Waals surface area contributed by atoms with Gasteiger partial charge in [0.25, 0.3) is 5.91 Å². The van der Waals surface area contributed by atoms with Crippen LogP contribution in [0.15, 0.2) is 18.2 Å². The second kappa shape index (κ2) is 6.75. The first-order valence-electron chi connectivity index (χ1n) is 7.26. The molecule has 0 bridgehead atoms. The molecule has 2 rings (SSSR count). The second-order valence-electron chi connectivity index (χ2n) is 5.47. The fraction of sp³-hybridized carbons (Fsp3) is 0.562. The molecule has 1 aliphatic carbocycles. The Morgan fingerprint density at radius 2 is 2.15 bits per heavy atom. The number of rotatable bonds is 4. The summed E-state index contributed by atoms with van der Waals surface area (Å²) in [7, 11) is 3.44. The summed E-state index contributed by atoms with van der Waals surface area (Å²) in [6.07, 6.45) is 4.95. The molecular formula is C16H24N2O2. The number of amides is 1. The Labute approximate surface area is 120 Å². The van der Waals surface area contributed by atoms with Crippen LogP contribution in [0.3, 0.4) is 0 Å². The molecule has 1 amide bonds. The molecule has 110 valence electrons. The van der Waals surface area contributed by atoms with Gasteiger partial charge in [0, 0.05) is 31.5 Å². The summed E-state index contributed by atoms with van der Waals surface area (Å²) in [5.74, 6) is -0.0447. The predicted octanol–water partition coefficient (Wildman–Crippen LogP) is 2.72. The summed E-state index contributed by atoms with van der Waals surface area (Å²) in [6, 6.07) is 6.25. The molecule has 2 atom stereocenters. The fourth-order valence-electron chi connectivity index (χ4n) is 2.82. The zero-order valence-electron chi connectivity index (χ0n) is 12.5. The van der Waals surface area contributed by atoms with Crippen LogP contribution in [-0.2, 0) is 4.74 Å². The van der Waals surface area contributed by atoms with Crippen LogP contribution in [-0.4, -0.2) is 32.2 Å². The van der Waals surface area contributed by atoms with Crippen LogP contribution in [0.5, 0.6) is 0 Å². The fourth-order valence-corrected chi connectivity index (χ4v) is 2.82. The Morgan fingerprint density at radius 3 is 2.80 bits per heavy atom. The molecule has 0 saturated heterocycles. The molecule has 4 nitrogen and oxygen atoms in total. The Balaban J connectivity index is 2.04. The van der Waals surface area contributed by atoms with Gasteiger partial charge in [-0.05, 0) is 56.4 Å². The van der Waals surface area contributed by atoms with Gasteiger partial charge in [-0.3, -0.25) is 4.79 Å². The Bertz CT molecular complexity index is 474. The van der Waals surface area contributed by atoms with Gasteiger partial charge < -0.3 is 15.4 Å². The first kappa shape index (κ1) is 14.9. The van der Waals surface area contributed by atoms with Crippen molar-refractivity contribution in [3.63, 3.8) is 0 Å². The van der Waals surface area contributed by atoms with Crippen molar-refractivity contribution >= 4 is 11.6 Å². The maximum atomic E-state index is 11.6. The van der Waals surface area contributed by atoms with E-state index in [9.17, 15) is 4.79 Å². The first-order valence-corrected chi connectivity index (χ1v) is 7.26. The normalized spacial score (nSPS) is 22.4. The standard InChI is InChI=1S/C16H24N2O2/c1-11-9-12(16(19)17-2)7-8-15(11)18-13-5-4-6-14(10-13)20-3/h7-9,13-14,18H,4-6,10H2,1-3H3,(H,17,19). The van der Waals surface area contributed by atoms with E-state index in [-0.39, 0.29) is 5.91 Å². The van der Waals surface area contributed by atoms with E-state index in [2.05, 4.69) is 10.6 Å². The number of nitrogens with one attached hydrogen (secondary N) is 2. The topological polar surface area (TPSA) is 50.4 Å². The number of aryl methyl sites for hydroxylation is 1. The van der Waals surface area contributed by atoms with Gasteiger partial charge >= 0.3 is 0 Å². The van der Waals surface area contributed by atoms with E-state index in [0.717, 1.165) is 24.1 Å². The van der Waals surface area contributed by atoms with Crippen molar-refractivity contribution in [3.05, 3.63) is 29.3 Å². The van der Waals surface area contributed by atoms with E-state index in [1.807, 2.05) is 25.1 Å². The van der Waals surface area contributed by atoms with Crippen LogP contribution >= 0.6 is 0 Å². The van der Waals surface area contributed by atoms with Crippen molar-refractivity contribution in [1.29, 1.82) is 0 Å². The summed E-state index contributed by atoms with van der Waals surface area (Å²) in [4.78, 5) is 11.6. The molecule has 0 radical (unpaired) electrons. The largest absolute Gasteiger partial charge is 0.382 e. The van der Waals surface area contributed by atoms with Gasteiger partial charge in [0.15, 0.2) is 0 Å². The molecule has 0 aliphatic heterocycles. The molecule has 4 heteroatoms. The van der Waals surface area contributed by atoms with E-state index in [1.165, 1.54) is 12.8 Å². The third kappa shape index (κ3) is 3.51. The third-order valence-electron chi connectivity index (χ3n) is 4.03. The first-order chi connectivity index (χ1) is 9.63. The van der Waals surface area contributed by atoms with Crippen molar-refractivity contribution in [2.75, 3.05) is 19.5 Å². The van der Waals surface area contributed by atoms with E-state index < -0.39 is 0 Å². The molecule has 1 saturated carbocycles. The summed E-state index contributed by atoms with van der Waals surface area (Å²) < 4.78 is 5.46. The van der Waals surface area contributed by atoms with Crippen molar-refractivity contribution in [3.8, 4) is 0 Å². The number of carbonyl (C=O) groups is 1. The highest BCUT2D eigenvalue weighted by Gasteiger charge is 2.21. The molecule has 2 N–H and O–H groups in total. The monoisotopic (exact) mass is 276 g/mol. The van der Waals surface area contributed by atoms with E-state index in [1.54, 1.807) is 14.2 Å². The molecule has 0 spiro atoms. The van der Waals surface area contributed by atoms with Gasteiger partial charge in [0.2, 0.25) is 0 Å². The predicted molar refractivity (Wildman–Crippen MR) is 81.2 cm³/mol. The maximum absolute atomic E-state index is 11.6. The minimum atomic E-state index is -0.0447. The van der Waals surface area contributed by atoms with Gasteiger partial charge in [-0.15, -0.1) is 0 Å². The number of hydrogen-bond acceptors (Lipinski definition) is 3. The Hall–Kier alpha value is -1.55. The average Bonchev–Trinajstić information content (AvgIpc) is 2.48. The summed E-state index contributed by atoms with van der Waals surface area (Å²) in [5, 5.41) is 6.23. The van der Waals surface area contributed by atoms with Gasteiger partial charge in [0.05, 0.1) is 6.10 Å². The van der Waals surface area contributed by atoms with Crippen LogP contribution in [0.4, 0.5) is 5.69 Å². The Kier molecular flexibility index (Phi) is 5.01. The zero-order chi connectivity index (χ0) is 14.5. The number of methoxy groups -OCH3 is 1. The average molecular weight is 276 g/mol. The summed E-state index contributed by atoms with van der Waals surface area (Å²) >= 11 is 0. The highest BCUT2D eigenvalue weighted by molar-refractivity contribution is 5.94. The molecule has 1 fully saturated rings. The van der Waals surface area contributed by atoms with Crippen LogP contribution < -0.4 is 10.6 Å². The highest BCUT2D eigenvalue weighted by atomic mass is 16.5. The molecule has 1 aliphatic rings. The quantitative estimate of drug-likeness (QED) is 0.889. The third-order valence-corrected chi connectivity index (χ3v) is 4.03. The minimum absolute atomic E-state index is 0.0447.